The Kier molecular flexibility index (Phi) is 7.23. The van der Waals surface area contributed by atoms with E-state index in [1.165, 1.54) is 12.0 Å². The molecule has 1 aromatic rings. The average molecular weight is 336 g/mol. The number of rotatable bonds is 6. The van der Waals surface area contributed by atoms with Crippen molar-refractivity contribution in [2.75, 3.05) is 0 Å². The van der Waals surface area contributed by atoms with Gasteiger partial charge in [-0.05, 0) is 36.7 Å². The maximum atomic E-state index is 10.6. The van der Waals surface area contributed by atoms with Gasteiger partial charge >= 0.3 is 5.97 Å². The van der Waals surface area contributed by atoms with Crippen molar-refractivity contribution >= 4 is 17.8 Å². The summed E-state index contributed by atoms with van der Waals surface area (Å²) in [5.41, 5.74) is 7.59. The molecule has 0 aromatic heterocycles. The van der Waals surface area contributed by atoms with Gasteiger partial charge in [0.15, 0.2) is 5.84 Å². The molecule has 0 bridgehead atoms. The van der Waals surface area contributed by atoms with E-state index in [1.807, 2.05) is 24.3 Å². The van der Waals surface area contributed by atoms with Crippen LogP contribution in [0, 0.1) is 0 Å². The third kappa shape index (κ3) is 5.57. The lowest BCUT2D eigenvalue weighted by molar-refractivity contribution is -0.137. The summed E-state index contributed by atoms with van der Waals surface area (Å²) in [5.74, 6) is -1.47. The van der Waals surface area contributed by atoms with Crippen molar-refractivity contribution in [1.29, 1.82) is 0 Å². The maximum absolute atomic E-state index is 10.6. The van der Waals surface area contributed by atoms with Crippen molar-refractivity contribution in [2.24, 2.45) is 10.9 Å². The van der Waals surface area contributed by atoms with Gasteiger partial charge in [-0.1, -0.05) is 35.8 Å². The molecule has 1 saturated carbocycles. The van der Waals surface area contributed by atoms with Gasteiger partial charge in [-0.3, -0.25) is 9.59 Å². The van der Waals surface area contributed by atoms with E-state index in [4.69, 9.17) is 25.9 Å². The highest BCUT2D eigenvalue weighted by Gasteiger charge is 2.37. The quantitative estimate of drug-likeness (QED) is 0.273. The first kappa shape index (κ1) is 19.5. The Morgan fingerprint density at radius 3 is 2.12 bits per heavy atom. The molecule has 1 aliphatic carbocycles. The van der Waals surface area contributed by atoms with Crippen LogP contribution in [0.15, 0.2) is 29.4 Å². The van der Waals surface area contributed by atoms with Crippen molar-refractivity contribution < 1.29 is 25.0 Å². The predicted octanol–water partition coefficient (Wildman–Crippen LogP) is 2.55. The second kappa shape index (κ2) is 8.90. The fraction of sp³-hybridized carbons (Fsp3) is 0.471. The van der Waals surface area contributed by atoms with Gasteiger partial charge in [0.1, 0.15) is 0 Å². The lowest BCUT2D eigenvalue weighted by atomic mass is 9.62. The Hall–Kier alpha value is -2.57. The number of carboxylic acids is 2. The molecule has 1 fully saturated rings. The van der Waals surface area contributed by atoms with Crippen molar-refractivity contribution in [3.05, 3.63) is 35.4 Å². The minimum atomic E-state index is -0.833. The van der Waals surface area contributed by atoms with Crippen LogP contribution in [-0.2, 0) is 15.0 Å². The van der Waals surface area contributed by atoms with E-state index < -0.39 is 11.9 Å². The summed E-state index contributed by atoms with van der Waals surface area (Å²) < 4.78 is 0. The normalized spacial score (nSPS) is 15.6. The lowest BCUT2D eigenvalue weighted by Gasteiger charge is -2.43. The molecule has 0 aliphatic heterocycles. The molecule has 1 aliphatic rings. The van der Waals surface area contributed by atoms with E-state index in [-0.39, 0.29) is 17.7 Å². The number of nitrogens with zero attached hydrogens (tertiary/aromatic N) is 1. The standard InChI is InChI=1S/C15H20N2O3.C2H4O2/c16-14(17-20)11-4-6-12(7-5-11)15(9-2-10-15)8-1-3-13(18)19;1-2(3)4/h4-7,20H,1-3,8-10H2,(H2,16,17)(H,18,19);1H3,(H,3,4). The van der Waals surface area contributed by atoms with Crippen molar-refractivity contribution in [1.82, 2.24) is 0 Å². The van der Waals surface area contributed by atoms with E-state index in [1.54, 1.807) is 0 Å². The zero-order valence-electron chi connectivity index (χ0n) is 13.7. The van der Waals surface area contributed by atoms with E-state index in [2.05, 4.69) is 5.16 Å². The molecule has 0 saturated heterocycles. The van der Waals surface area contributed by atoms with Gasteiger partial charge in [-0.25, -0.2) is 0 Å². The Morgan fingerprint density at radius 1 is 1.21 bits per heavy atom. The molecule has 7 nitrogen and oxygen atoms in total. The summed E-state index contributed by atoms with van der Waals surface area (Å²) in [6, 6.07) is 7.71. The largest absolute Gasteiger partial charge is 0.481 e. The molecule has 7 heteroatoms. The summed E-state index contributed by atoms with van der Waals surface area (Å²) in [7, 11) is 0. The Balaban J connectivity index is 0.000000648. The zero-order chi connectivity index (χ0) is 18.2. The predicted molar refractivity (Wildman–Crippen MR) is 89.3 cm³/mol. The van der Waals surface area contributed by atoms with E-state index in [0.29, 0.717) is 12.0 Å². The topological polar surface area (TPSA) is 133 Å². The second-order valence-electron chi connectivity index (χ2n) is 5.96. The second-order valence-corrected chi connectivity index (χ2v) is 5.96. The van der Waals surface area contributed by atoms with Gasteiger partial charge in [-0.2, -0.15) is 0 Å². The molecule has 1 aromatic carbocycles. The number of hydrogen-bond donors (Lipinski definition) is 4. The maximum Gasteiger partial charge on any atom is 0.303 e. The number of benzene rings is 1. The molecule has 0 radical (unpaired) electrons. The summed E-state index contributed by atoms with van der Waals surface area (Å²) in [6.07, 6.45) is 5.24. The molecule has 0 amide bonds. The molecule has 0 heterocycles. The van der Waals surface area contributed by atoms with Crippen LogP contribution in [-0.4, -0.2) is 33.2 Å². The number of nitrogens with two attached hydrogens (primary N) is 1. The van der Waals surface area contributed by atoms with E-state index in [9.17, 15) is 4.79 Å². The molecule has 0 spiro atoms. The smallest absolute Gasteiger partial charge is 0.303 e. The van der Waals surface area contributed by atoms with Gasteiger partial charge in [0.2, 0.25) is 0 Å². The van der Waals surface area contributed by atoms with Crippen LogP contribution in [0.3, 0.4) is 0 Å². The minimum absolute atomic E-state index is 0.102. The molecule has 2 rings (SSSR count). The van der Waals surface area contributed by atoms with Gasteiger partial charge in [-0.15, -0.1) is 0 Å². The van der Waals surface area contributed by atoms with Crippen LogP contribution in [0.1, 0.15) is 56.6 Å². The van der Waals surface area contributed by atoms with Crippen molar-refractivity contribution in [3.8, 4) is 0 Å². The van der Waals surface area contributed by atoms with E-state index in [0.717, 1.165) is 26.2 Å². The van der Waals surface area contributed by atoms with Crippen LogP contribution in [0.25, 0.3) is 0 Å². The van der Waals surface area contributed by atoms with Crippen LogP contribution in [0.5, 0.6) is 0 Å². The number of amidine groups is 1. The van der Waals surface area contributed by atoms with Crippen LogP contribution in [0.4, 0.5) is 0 Å². The van der Waals surface area contributed by atoms with E-state index >= 15 is 0 Å². The van der Waals surface area contributed by atoms with Gasteiger partial charge < -0.3 is 21.2 Å². The highest BCUT2D eigenvalue weighted by molar-refractivity contribution is 5.97. The van der Waals surface area contributed by atoms with Crippen LogP contribution < -0.4 is 5.73 Å². The Morgan fingerprint density at radius 2 is 1.75 bits per heavy atom. The highest BCUT2D eigenvalue weighted by atomic mass is 16.4. The third-order valence-electron chi connectivity index (χ3n) is 4.26. The number of carboxylic acid groups (broad SMARTS) is 2. The minimum Gasteiger partial charge on any atom is -0.481 e. The van der Waals surface area contributed by atoms with Crippen molar-refractivity contribution in [2.45, 2.75) is 50.9 Å². The monoisotopic (exact) mass is 336 g/mol. The molecular weight excluding hydrogens is 312 g/mol. The number of oxime groups is 1. The average Bonchev–Trinajstić information content (AvgIpc) is 2.48. The highest BCUT2D eigenvalue weighted by Crippen LogP contribution is 2.47. The first-order chi connectivity index (χ1) is 11.3. The summed E-state index contributed by atoms with van der Waals surface area (Å²) >= 11 is 0. The van der Waals surface area contributed by atoms with Gasteiger partial charge in [0.25, 0.3) is 5.97 Å². The first-order valence-corrected chi connectivity index (χ1v) is 7.80. The Bertz CT molecular complexity index is 588. The lowest BCUT2D eigenvalue weighted by Crippen LogP contribution is -2.34. The fourth-order valence-electron chi connectivity index (χ4n) is 2.92. The van der Waals surface area contributed by atoms with Crippen LogP contribution in [0.2, 0.25) is 0 Å². The number of aliphatic carboxylic acids is 2. The van der Waals surface area contributed by atoms with Crippen molar-refractivity contribution in [3.63, 3.8) is 0 Å². The SMILES string of the molecule is CC(=O)O.NC(=NO)c1ccc(C2(CCCC(=O)O)CCC2)cc1. The molecule has 5 N–H and O–H groups in total. The molecule has 24 heavy (non-hydrogen) atoms. The van der Waals surface area contributed by atoms with Gasteiger partial charge in [0, 0.05) is 18.9 Å². The van der Waals surface area contributed by atoms with Gasteiger partial charge in [0.05, 0.1) is 0 Å². The molecule has 0 atom stereocenters. The zero-order valence-corrected chi connectivity index (χ0v) is 13.7. The fourth-order valence-corrected chi connectivity index (χ4v) is 2.92. The molecule has 0 unspecified atom stereocenters. The van der Waals surface area contributed by atoms with Crippen LogP contribution >= 0.6 is 0 Å². The number of hydrogen-bond acceptors (Lipinski definition) is 4. The Labute approximate surface area is 140 Å². The summed E-state index contributed by atoms with van der Waals surface area (Å²) in [5, 5.41) is 27.8. The third-order valence-corrected chi connectivity index (χ3v) is 4.26. The summed E-state index contributed by atoms with van der Waals surface area (Å²) in [4.78, 5) is 19.6. The molecule has 132 valence electrons. The molecular formula is C17H24N2O5. The first-order valence-electron chi connectivity index (χ1n) is 7.80. The summed E-state index contributed by atoms with van der Waals surface area (Å²) in [6.45, 7) is 1.08. The number of carbonyl (C=O) groups is 2.